The maximum atomic E-state index is 12.5. The van der Waals surface area contributed by atoms with Crippen molar-refractivity contribution in [3.05, 3.63) is 29.8 Å². The summed E-state index contributed by atoms with van der Waals surface area (Å²) >= 11 is 0. The molecule has 4 rings (SSSR count). The van der Waals surface area contributed by atoms with Crippen LogP contribution in [-0.4, -0.2) is 44.8 Å². The Morgan fingerprint density at radius 2 is 2.00 bits per heavy atom. The number of nitrogens with zero attached hydrogens (tertiary/aromatic N) is 1. The van der Waals surface area contributed by atoms with Gasteiger partial charge in [0.2, 0.25) is 10.0 Å². The van der Waals surface area contributed by atoms with Crippen LogP contribution in [-0.2, 0) is 10.0 Å². The molecule has 6 heteroatoms. The number of hydrogen-bond acceptors (Lipinski definition) is 4. The van der Waals surface area contributed by atoms with E-state index < -0.39 is 10.0 Å². The minimum Gasteiger partial charge on any atom is -0.302 e. The number of carbonyl (C=O) groups is 1. The number of rotatable bonds is 4. The number of benzene rings is 1. The molecule has 1 aromatic rings. The molecule has 1 aromatic carbocycles. The highest BCUT2D eigenvalue weighted by Crippen LogP contribution is 2.28. The lowest BCUT2D eigenvalue weighted by Crippen LogP contribution is -2.57. The van der Waals surface area contributed by atoms with Crippen molar-refractivity contribution in [1.82, 2.24) is 9.62 Å². The third-order valence-electron chi connectivity index (χ3n) is 4.51. The Labute approximate surface area is 125 Å². The van der Waals surface area contributed by atoms with E-state index in [9.17, 15) is 13.2 Å². The van der Waals surface area contributed by atoms with Gasteiger partial charge in [-0.1, -0.05) is 12.1 Å². The molecule has 1 unspecified atom stereocenters. The van der Waals surface area contributed by atoms with Crippen LogP contribution in [0.15, 0.2) is 29.2 Å². The molecule has 0 amide bonds. The Bertz CT molecular complexity index is 649. The molecule has 1 N–H and O–H groups in total. The second-order valence-electron chi connectivity index (χ2n) is 5.95. The van der Waals surface area contributed by atoms with Gasteiger partial charge in [-0.2, -0.15) is 0 Å². The number of piperidine rings is 3. The van der Waals surface area contributed by atoms with Crippen molar-refractivity contribution in [3.63, 3.8) is 0 Å². The van der Waals surface area contributed by atoms with Crippen molar-refractivity contribution < 1.29 is 13.2 Å². The van der Waals surface area contributed by atoms with Gasteiger partial charge in [0.25, 0.3) is 0 Å². The number of nitrogens with one attached hydrogen (secondary N) is 1. The molecule has 0 radical (unpaired) electrons. The molecule has 3 heterocycles. The second-order valence-corrected chi connectivity index (χ2v) is 7.66. The Balaban J connectivity index is 1.81. The van der Waals surface area contributed by atoms with Gasteiger partial charge in [0, 0.05) is 18.2 Å². The highest BCUT2D eigenvalue weighted by atomic mass is 32.2. The van der Waals surface area contributed by atoms with E-state index in [-0.39, 0.29) is 16.7 Å². The quantitative estimate of drug-likeness (QED) is 0.851. The van der Waals surface area contributed by atoms with Crippen molar-refractivity contribution in [2.45, 2.75) is 30.7 Å². The predicted molar refractivity (Wildman–Crippen MR) is 79.7 cm³/mol. The maximum Gasteiger partial charge on any atom is 0.240 e. The van der Waals surface area contributed by atoms with Gasteiger partial charge >= 0.3 is 0 Å². The van der Waals surface area contributed by atoms with Gasteiger partial charge in [-0.05, 0) is 50.9 Å². The predicted octanol–water partition coefficient (Wildman–Crippen LogP) is 1.26. The van der Waals surface area contributed by atoms with Gasteiger partial charge in [0.1, 0.15) is 0 Å². The monoisotopic (exact) mass is 308 g/mol. The van der Waals surface area contributed by atoms with Crippen LogP contribution in [0.2, 0.25) is 0 Å². The summed E-state index contributed by atoms with van der Waals surface area (Å²) in [6.07, 6.45) is 2.11. The van der Waals surface area contributed by atoms with Crippen LogP contribution >= 0.6 is 0 Å². The molecule has 1 atom stereocenters. The second kappa shape index (κ2) is 5.51. The molecule has 0 aliphatic carbocycles. The van der Waals surface area contributed by atoms with E-state index in [0.717, 1.165) is 32.5 Å². The van der Waals surface area contributed by atoms with E-state index >= 15 is 0 Å². The van der Waals surface area contributed by atoms with Crippen LogP contribution in [0.3, 0.4) is 0 Å². The van der Waals surface area contributed by atoms with Gasteiger partial charge in [-0.15, -0.1) is 0 Å². The van der Waals surface area contributed by atoms with E-state index in [0.29, 0.717) is 11.5 Å². The van der Waals surface area contributed by atoms with Crippen LogP contribution in [0.1, 0.15) is 30.1 Å². The molecule has 5 nitrogen and oxygen atoms in total. The summed E-state index contributed by atoms with van der Waals surface area (Å²) in [6, 6.07) is 6.22. The molecular formula is C15H20N2O3S. The molecular weight excluding hydrogens is 288 g/mol. The summed E-state index contributed by atoms with van der Waals surface area (Å²) in [5, 5.41) is 0. The zero-order chi connectivity index (χ0) is 15.0. The average molecular weight is 308 g/mol. The molecule has 0 aromatic heterocycles. The van der Waals surface area contributed by atoms with E-state index in [1.54, 1.807) is 12.1 Å². The molecule has 0 spiro atoms. The fourth-order valence-electron chi connectivity index (χ4n) is 3.25. The number of ketones is 1. The summed E-state index contributed by atoms with van der Waals surface area (Å²) in [4.78, 5) is 13.9. The molecule has 3 aliphatic rings. The first-order chi connectivity index (χ1) is 9.95. The van der Waals surface area contributed by atoms with Gasteiger partial charge in [-0.25, -0.2) is 13.1 Å². The van der Waals surface area contributed by atoms with Crippen LogP contribution in [0.5, 0.6) is 0 Å². The zero-order valence-electron chi connectivity index (χ0n) is 12.1. The Morgan fingerprint density at radius 3 is 2.57 bits per heavy atom. The van der Waals surface area contributed by atoms with Crippen molar-refractivity contribution in [3.8, 4) is 0 Å². The smallest absolute Gasteiger partial charge is 0.240 e. The summed E-state index contributed by atoms with van der Waals surface area (Å²) < 4.78 is 27.8. The third-order valence-corrected chi connectivity index (χ3v) is 6.00. The van der Waals surface area contributed by atoms with E-state index in [4.69, 9.17) is 0 Å². The minimum atomic E-state index is -3.57. The van der Waals surface area contributed by atoms with Crippen LogP contribution in [0.25, 0.3) is 0 Å². The summed E-state index contributed by atoms with van der Waals surface area (Å²) in [6.45, 7) is 4.37. The van der Waals surface area contributed by atoms with E-state index in [2.05, 4.69) is 9.62 Å². The molecule has 21 heavy (non-hydrogen) atoms. The summed E-state index contributed by atoms with van der Waals surface area (Å²) in [5.41, 5.74) is 0.423. The lowest BCUT2D eigenvalue weighted by atomic mass is 9.85. The van der Waals surface area contributed by atoms with Crippen LogP contribution in [0.4, 0.5) is 0 Å². The van der Waals surface area contributed by atoms with Gasteiger partial charge in [0.15, 0.2) is 5.78 Å². The number of sulfonamides is 1. The van der Waals surface area contributed by atoms with Crippen LogP contribution in [0, 0.1) is 5.92 Å². The van der Waals surface area contributed by atoms with Gasteiger partial charge in [0.05, 0.1) is 4.90 Å². The average Bonchev–Trinajstić information content (AvgIpc) is 2.48. The fourth-order valence-corrected chi connectivity index (χ4v) is 4.59. The molecule has 3 fully saturated rings. The Kier molecular flexibility index (Phi) is 3.86. The summed E-state index contributed by atoms with van der Waals surface area (Å²) in [5.74, 6) is 0.302. The molecule has 2 bridgehead atoms. The first-order valence-electron chi connectivity index (χ1n) is 7.31. The first kappa shape index (κ1) is 14.7. The lowest BCUT2D eigenvalue weighted by molar-refractivity contribution is 0.0827. The first-order valence-corrected chi connectivity index (χ1v) is 8.80. The van der Waals surface area contributed by atoms with Crippen LogP contribution < -0.4 is 4.72 Å². The molecule has 3 aliphatic heterocycles. The number of Topliss-reactive ketones (excluding diaryl/α,β-unsaturated/α-hetero) is 1. The van der Waals surface area contributed by atoms with E-state index in [1.165, 1.54) is 19.1 Å². The number of fused-ring (bicyclic) bond motifs is 3. The standard InChI is InChI=1S/C15H20N2O3S/c1-11(18)13-3-2-4-14(9-13)21(19,20)16-15-10-17-7-5-12(15)6-8-17/h2-4,9,12,15-16H,5-8,10H2,1H3. The van der Waals surface area contributed by atoms with Gasteiger partial charge < -0.3 is 4.90 Å². The van der Waals surface area contributed by atoms with E-state index in [1.807, 2.05) is 0 Å². The minimum absolute atomic E-state index is 0.0153. The van der Waals surface area contributed by atoms with Gasteiger partial charge in [-0.3, -0.25) is 4.79 Å². The number of carbonyl (C=O) groups excluding carboxylic acids is 1. The Hall–Kier alpha value is -1.24. The normalized spacial score (nSPS) is 28.5. The molecule has 0 saturated carbocycles. The highest BCUT2D eigenvalue weighted by molar-refractivity contribution is 7.89. The zero-order valence-corrected chi connectivity index (χ0v) is 12.9. The SMILES string of the molecule is CC(=O)c1cccc(S(=O)(=O)NC2CN3CCC2CC3)c1. The maximum absolute atomic E-state index is 12.5. The molecule has 3 saturated heterocycles. The fraction of sp³-hybridized carbons (Fsp3) is 0.533. The number of hydrogen-bond donors (Lipinski definition) is 1. The van der Waals surface area contributed by atoms with Crippen molar-refractivity contribution >= 4 is 15.8 Å². The van der Waals surface area contributed by atoms with Crippen molar-refractivity contribution in [2.75, 3.05) is 19.6 Å². The Morgan fingerprint density at radius 1 is 1.29 bits per heavy atom. The summed E-state index contributed by atoms with van der Waals surface area (Å²) in [7, 11) is -3.57. The topological polar surface area (TPSA) is 66.5 Å². The third kappa shape index (κ3) is 3.02. The van der Waals surface area contributed by atoms with Crippen molar-refractivity contribution in [1.29, 1.82) is 0 Å². The molecule has 114 valence electrons. The highest BCUT2D eigenvalue weighted by Gasteiger charge is 2.36. The largest absolute Gasteiger partial charge is 0.302 e. The lowest BCUT2D eigenvalue weighted by Gasteiger charge is -2.44. The van der Waals surface area contributed by atoms with Crippen molar-refractivity contribution in [2.24, 2.45) is 5.92 Å².